The molecule has 0 spiro atoms. The van der Waals surface area contributed by atoms with Crippen molar-refractivity contribution in [2.24, 2.45) is 0 Å². The van der Waals surface area contributed by atoms with E-state index in [1.165, 1.54) is 12.8 Å². The molecule has 1 aliphatic rings. The lowest BCUT2D eigenvalue weighted by atomic mass is 10.1. The van der Waals surface area contributed by atoms with Gasteiger partial charge in [0.2, 0.25) is 0 Å². The second-order valence-corrected chi connectivity index (χ2v) is 6.89. The molecule has 0 unspecified atom stereocenters. The van der Waals surface area contributed by atoms with Crippen LogP contribution in [0, 0.1) is 11.3 Å². The Balaban J connectivity index is 1.76. The van der Waals surface area contributed by atoms with Crippen LogP contribution in [0.1, 0.15) is 56.3 Å². The molecule has 1 saturated carbocycles. The van der Waals surface area contributed by atoms with Gasteiger partial charge in [0.15, 0.2) is 11.2 Å². The number of nitrogens with zero attached hydrogens (tertiary/aromatic N) is 4. The lowest BCUT2D eigenvalue weighted by Crippen LogP contribution is -2.15. The molecular formula is C20H21N5O2. The summed E-state index contributed by atoms with van der Waals surface area (Å²) < 4.78 is 7.70. The molecule has 4 rings (SSSR count). The lowest BCUT2D eigenvalue weighted by molar-refractivity contribution is 0.442. The molecule has 1 fully saturated rings. The first-order valence-corrected chi connectivity index (χ1v) is 9.38. The van der Waals surface area contributed by atoms with E-state index in [0.717, 1.165) is 31.6 Å². The molecule has 7 heteroatoms. The van der Waals surface area contributed by atoms with Gasteiger partial charge in [-0.05, 0) is 37.5 Å². The van der Waals surface area contributed by atoms with Crippen LogP contribution < -0.4 is 10.3 Å². The number of aromatic nitrogens is 4. The summed E-state index contributed by atoms with van der Waals surface area (Å²) in [5.74, 6) is 1.80. The number of hydrogen-bond donors (Lipinski definition) is 1. The van der Waals surface area contributed by atoms with Crippen molar-refractivity contribution in [1.29, 1.82) is 5.26 Å². The minimum Gasteiger partial charge on any atom is -0.425 e. The Morgan fingerprint density at radius 2 is 2.15 bits per heavy atom. The zero-order valence-electron chi connectivity index (χ0n) is 15.2. The number of hydrogen-bond acceptors (Lipinski definition) is 5. The number of benzene rings is 1. The average molecular weight is 363 g/mol. The second kappa shape index (κ2) is 7.23. The molecule has 0 aliphatic heterocycles. The minimum absolute atomic E-state index is 0.0849. The number of aromatic amines is 1. The largest absolute Gasteiger partial charge is 0.425 e. The van der Waals surface area contributed by atoms with Gasteiger partial charge < -0.3 is 9.30 Å². The highest BCUT2D eigenvalue weighted by atomic mass is 16.5. The molecule has 138 valence electrons. The Labute approximate surface area is 156 Å². The predicted octanol–water partition coefficient (Wildman–Crippen LogP) is 3.85. The van der Waals surface area contributed by atoms with Crippen molar-refractivity contribution in [3.8, 4) is 17.8 Å². The van der Waals surface area contributed by atoms with E-state index in [0.29, 0.717) is 28.4 Å². The number of imidazole rings is 1. The third-order valence-electron chi connectivity index (χ3n) is 4.97. The molecule has 0 radical (unpaired) electrons. The Hall–Kier alpha value is -3.14. The molecule has 1 aromatic carbocycles. The first-order valence-electron chi connectivity index (χ1n) is 9.38. The highest BCUT2D eigenvalue weighted by Crippen LogP contribution is 2.34. The first kappa shape index (κ1) is 17.3. The maximum Gasteiger partial charge on any atom is 0.304 e. The van der Waals surface area contributed by atoms with E-state index in [1.54, 1.807) is 24.3 Å². The van der Waals surface area contributed by atoms with Crippen molar-refractivity contribution >= 4 is 11.2 Å². The fourth-order valence-corrected chi connectivity index (χ4v) is 3.77. The average Bonchev–Trinajstić information content (AvgIpc) is 3.30. The number of aryl methyl sites for hydroxylation is 1. The van der Waals surface area contributed by atoms with Gasteiger partial charge in [0.25, 0.3) is 5.56 Å². The highest BCUT2D eigenvalue weighted by molar-refractivity contribution is 5.71. The summed E-state index contributed by atoms with van der Waals surface area (Å²) in [4.78, 5) is 24.6. The molecule has 0 bridgehead atoms. The van der Waals surface area contributed by atoms with Crippen molar-refractivity contribution in [3.63, 3.8) is 0 Å². The van der Waals surface area contributed by atoms with Gasteiger partial charge in [-0.3, -0.25) is 9.78 Å². The van der Waals surface area contributed by atoms with E-state index >= 15 is 0 Å². The molecule has 2 aromatic heterocycles. The Kier molecular flexibility index (Phi) is 4.63. The van der Waals surface area contributed by atoms with Crippen molar-refractivity contribution in [2.45, 2.75) is 51.5 Å². The zero-order valence-corrected chi connectivity index (χ0v) is 15.2. The van der Waals surface area contributed by atoms with E-state index in [2.05, 4.69) is 23.0 Å². The number of fused-ring (bicyclic) bond motifs is 1. The van der Waals surface area contributed by atoms with Gasteiger partial charge in [0, 0.05) is 12.5 Å². The lowest BCUT2D eigenvalue weighted by Gasteiger charge is -2.12. The fourth-order valence-electron chi connectivity index (χ4n) is 3.77. The summed E-state index contributed by atoms with van der Waals surface area (Å²) in [6.07, 6.45) is 5.54. The normalized spacial score (nSPS) is 14.5. The van der Waals surface area contributed by atoms with Crippen LogP contribution in [0.15, 0.2) is 29.1 Å². The summed E-state index contributed by atoms with van der Waals surface area (Å²) >= 11 is 0. The van der Waals surface area contributed by atoms with Crippen molar-refractivity contribution in [2.75, 3.05) is 0 Å². The van der Waals surface area contributed by atoms with E-state index in [4.69, 9.17) is 15.0 Å². The van der Waals surface area contributed by atoms with Crippen LogP contribution in [0.4, 0.5) is 0 Å². The van der Waals surface area contributed by atoms with Gasteiger partial charge in [-0.2, -0.15) is 10.2 Å². The molecule has 3 aromatic rings. The Morgan fingerprint density at radius 3 is 2.89 bits per heavy atom. The molecule has 0 amide bonds. The molecule has 1 aliphatic carbocycles. The highest BCUT2D eigenvalue weighted by Gasteiger charge is 2.25. The van der Waals surface area contributed by atoms with Crippen LogP contribution in [0.5, 0.6) is 11.8 Å². The van der Waals surface area contributed by atoms with Gasteiger partial charge in [0.05, 0.1) is 11.6 Å². The van der Waals surface area contributed by atoms with Crippen molar-refractivity contribution < 1.29 is 4.74 Å². The van der Waals surface area contributed by atoms with Gasteiger partial charge >= 0.3 is 6.01 Å². The van der Waals surface area contributed by atoms with Crippen LogP contribution in [0.3, 0.4) is 0 Å². The standard InChI is InChI=1S/C20H21N5O2/c1-2-10-25-16-17(22-18(25)14-7-3-4-8-14)23-20(24-19(16)26)27-15-9-5-6-13(11-15)12-21/h5-6,9,11,14H,2-4,7-8,10H2,1H3,(H,23,24,26). The maximum absolute atomic E-state index is 12.7. The molecule has 0 saturated heterocycles. The first-order chi connectivity index (χ1) is 13.2. The zero-order chi connectivity index (χ0) is 18.8. The summed E-state index contributed by atoms with van der Waals surface area (Å²) in [5.41, 5.74) is 1.15. The molecule has 7 nitrogen and oxygen atoms in total. The van der Waals surface area contributed by atoms with E-state index < -0.39 is 0 Å². The maximum atomic E-state index is 12.7. The van der Waals surface area contributed by atoms with E-state index in [1.807, 2.05) is 4.57 Å². The van der Waals surface area contributed by atoms with Gasteiger partial charge in [-0.1, -0.05) is 25.8 Å². The number of nitriles is 1. The quantitative estimate of drug-likeness (QED) is 0.742. The summed E-state index contributed by atoms with van der Waals surface area (Å²) in [5, 5.41) is 9.01. The Bertz CT molecular complexity index is 1070. The van der Waals surface area contributed by atoms with Crippen LogP contribution in [-0.2, 0) is 6.54 Å². The van der Waals surface area contributed by atoms with Crippen LogP contribution in [-0.4, -0.2) is 19.5 Å². The molecule has 1 N–H and O–H groups in total. The van der Waals surface area contributed by atoms with E-state index in [9.17, 15) is 4.79 Å². The second-order valence-electron chi connectivity index (χ2n) is 6.89. The number of nitrogens with one attached hydrogen (secondary N) is 1. The third kappa shape index (κ3) is 3.31. The van der Waals surface area contributed by atoms with Gasteiger partial charge in [-0.15, -0.1) is 0 Å². The van der Waals surface area contributed by atoms with Crippen LogP contribution in [0.2, 0.25) is 0 Å². The summed E-state index contributed by atoms with van der Waals surface area (Å²) in [6, 6.07) is 8.87. The fraction of sp³-hybridized carbons (Fsp3) is 0.400. The summed E-state index contributed by atoms with van der Waals surface area (Å²) in [6.45, 7) is 2.84. The molecule has 0 atom stereocenters. The van der Waals surface area contributed by atoms with Crippen molar-refractivity contribution in [1.82, 2.24) is 19.5 Å². The molecular weight excluding hydrogens is 342 g/mol. The summed E-state index contributed by atoms with van der Waals surface area (Å²) in [7, 11) is 0. The SMILES string of the molecule is CCCn1c(C2CCCC2)nc2nc(Oc3cccc(C#N)c3)[nH]c(=O)c21. The van der Waals surface area contributed by atoms with Crippen molar-refractivity contribution in [3.05, 3.63) is 46.0 Å². The number of ether oxygens (including phenoxy) is 1. The van der Waals surface area contributed by atoms with E-state index in [-0.39, 0.29) is 11.6 Å². The number of H-pyrrole nitrogens is 1. The molecule has 2 heterocycles. The third-order valence-corrected chi connectivity index (χ3v) is 4.97. The van der Waals surface area contributed by atoms with Crippen LogP contribution >= 0.6 is 0 Å². The van der Waals surface area contributed by atoms with Gasteiger partial charge in [-0.25, -0.2) is 4.98 Å². The van der Waals surface area contributed by atoms with Crippen LogP contribution in [0.25, 0.3) is 11.2 Å². The monoisotopic (exact) mass is 363 g/mol. The van der Waals surface area contributed by atoms with Gasteiger partial charge in [0.1, 0.15) is 11.6 Å². The topological polar surface area (TPSA) is 96.6 Å². The molecule has 27 heavy (non-hydrogen) atoms. The number of rotatable bonds is 5. The smallest absolute Gasteiger partial charge is 0.304 e. The minimum atomic E-state index is -0.253. The predicted molar refractivity (Wildman–Crippen MR) is 101 cm³/mol. The Morgan fingerprint density at radius 1 is 1.33 bits per heavy atom.